The zero-order valence-electron chi connectivity index (χ0n) is 13.4. The number of hydrogen-bond donors (Lipinski definition) is 0. The average Bonchev–Trinajstić information content (AvgIpc) is 2.77. The molecular formula is C16H16ClF3N2O2. The molecule has 0 spiro atoms. The number of carbonyl (C=O) groups excluding carboxylic acids is 1. The first kappa shape index (κ1) is 18.3. The maximum absolute atomic E-state index is 12.8. The predicted octanol–water partition coefficient (Wildman–Crippen LogP) is 3.84. The van der Waals surface area contributed by atoms with Crippen LogP contribution < -0.4 is 5.56 Å². The summed E-state index contributed by atoms with van der Waals surface area (Å²) in [5.41, 5.74) is 0.0647. The maximum atomic E-state index is 12.8. The Hall–Kier alpha value is -2.02. The molecule has 0 N–H and O–H groups in total. The van der Waals surface area contributed by atoms with Gasteiger partial charge in [0, 0.05) is 29.7 Å². The van der Waals surface area contributed by atoms with Gasteiger partial charge in [0.1, 0.15) is 5.02 Å². The van der Waals surface area contributed by atoms with E-state index in [2.05, 4.69) is 0 Å². The van der Waals surface area contributed by atoms with E-state index in [1.54, 1.807) is 13.0 Å². The molecule has 8 heteroatoms. The molecule has 0 aromatic carbocycles. The summed E-state index contributed by atoms with van der Waals surface area (Å²) in [5, 5.41) is -0.573. The van der Waals surface area contributed by atoms with Gasteiger partial charge in [-0.05, 0) is 32.9 Å². The van der Waals surface area contributed by atoms with E-state index in [-0.39, 0.29) is 0 Å². The molecule has 0 saturated heterocycles. The maximum Gasteiger partial charge on any atom is 0.417 e. The summed E-state index contributed by atoms with van der Waals surface area (Å²) in [4.78, 5) is 24.4. The highest BCUT2D eigenvalue weighted by molar-refractivity contribution is 6.30. The molecule has 0 fully saturated rings. The van der Waals surface area contributed by atoms with Gasteiger partial charge in [-0.25, -0.2) is 0 Å². The Kier molecular flexibility index (Phi) is 4.94. The summed E-state index contributed by atoms with van der Waals surface area (Å²) in [6.07, 6.45) is -4.04. The number of alkyl halides is 3. The van der Waals surface area contributed by atoms with Crippen LogP contribution in [-0.4, -0.2) is 14.9 Å². The molecule has 0 radical (unpaired) electrons. The van der Waals surface area contributed by atoms with Gasteiger partial charge in [-0.3, -0.25) is 9.59 Å². The highest BCUT2D eigenvalue weighted by Gasteiger charge is 2.32. The molecular weight excluding hydrogens is 345 g/mol. The molecule has 0 amide bonds. The van der Waals surface area contributed by atoms with Crippen LogP contribution in [0.1, 0.15) is 34.2 Å². The van der Waals surface area contributed by atoms with Gasteiger partial charge < -0.3 is 9.13 Å². The highest BCUT2D eigenvalue weighted by atomic mass is 35.5. The normalized spacial score (nSPS) is 11.8. The number of nitrogens with zero attached hydrogens (tertiary/aromatic N) is 2. The highest BCUT2D eigenvalue weighted by Crippen LogP contribution is 2.29. The molecule has 2 heterocycles. The fourth-order valence-corrected chi connectivity index (χ4v) is 2.91. The van der Waals surface area contributed by atoms with Crippen molar-refractivity contribution in [1.82, 2.24) is 9.13 Å². The van der Waals surface area contributed by atoms with Crippen molar-refractivity contribution in [2.75, 3.05) is 0 Å². The molecule has 130 valence electrons. The first-order valence-electron chi connectivity index (χ1n) is 7.23. The quantitative estimate of drug-likeness (QED) is 0.777. The lowest BCUT2D eigenvalue weighted by atomic mass is 10.1. The molecule has 0 aliphatic rings. The summed E-state index contributed by atoms with van der Waals surface area (Å²) in [6, 6.07) is 2.23. The molecule has 24 heavy (non-hydrogen) atoms. The van der Waals surface area contributed by atoms with Crippen LogP contribution >= 0.6 is 11.6 Å². The molecule has 0 aliphatic carbocycles. The van der Waals surface area contributed by atoms with Crippen molar-refractivity contribution in [2.24, 2.45) is 0 Å². The topological polar surface area (TPSA) is 44.0 Å². The number of ketones is 1. The van der Waals surface area contributed by atoms with Gasteiger partial charge in [-0.15, -0.1) is 0 Å². The second-order valence-electron chi connectivity index (χ2n) is 5.46. The lowest BCUT2D eigenvalue weighted by Gasteiger charge is -2.11. The lowest BCUT2D eigenvalue weighted by molar-refractivity contribution is -0.138. The second-order valence-corrected chi connectivity index (χ2v) is 5.87. The number of pyridine rings is 1. The number of Topliss-reactive ketones (excluding diaryl/α,β-unsaturated/α-hetero) is 1. The molecule has 0 unspecified atom stereocenters. The van der Waals surface area contributed by atoms with Crippen LogP contribution in [0.4, 0.5) is 13.2 Å². The molecule has 2 aromatic heterocycles. The van der Waals surface area contributed by atoms with Crippen LogP contribution in [0.3, 0.4) is 0 Å². The molecule has 0 aliphatic heterocycles. The summed E-state index contributed by atoms with van der Waals surface area (Å²) in [7, 11) is 0. The fraction of sp³-hybridized carbons (Fsp3) is 0.375. The van der Waals surface area contributed by atoms with Crippen molar-refractivity contribution >= 4 is 17.4 Å². The number of aromatic nitrogens is 2. The van der Waals surface area contributed by atoms with Crippen LogP contribution in [0.5, 0.6) is 0 Å². The van der Waals surface area contributed by atoms with Crippen LogP contribution in [0, 0.1) is 13.8 Å². The van der Waals surface area contributed by atoms with Gasteiger partial charge in [0.15, 0.2) is 5.78 Å². The first-order valence-corrected chi connectivity index (χ1v) is 7.61. The fourth-order valence-electron chi connectivity index (χ4n) is 2.68. The van der Waals surface area contributed by atoms with Crippen molar-refractivity contribution in [2.45, 2.75) is 40.0 Å². The van der Waals surface area contributed by atoms with Crippen molar-refractivity contribution in [1.29, 1.82) is 0 Å². The van der Waals surface area contributed by atoms with Gasteiger partial charge >= 0.3 is 6.18 Å². The third kappa shape index (κ3) is 3.40. The van der Waals surface area contributed by atoms with E-state index in [9.17, 15) is 22.8 Å². The van der Waals surface area contributed by atoms with Gasteiger partial charge in [0.05, 0.1) is 12.1 Å². The molecule has 0 bridgehead atoms. The second kappa shape index (κ2) is 6.47. The minimum absolute atomic E-state index is 0.384. The average molecular weight is 361 g/mol. The van der Waals surface area contributed by atoms with E-state index in [1.165, 1.54) is 0 Å². The van der Waals surface area contributed by atoms with E-state index in [0.29, 0.717) is 34.6 Å². The van der Waals surface area contributed by atoms with E-state index in [4.69, 9.17) is 11.6 Å². The Bertz CT molecular complexity index is 850. The van der Waals surface area contributed by atoms with E-state index in [0.717, 1.165) is 5.69 Å². The van der Waals surface area contributed by atoms with Crippen molar-refractivity contribution < 1.29 is 18.0 Å². The molecule has 4 nitrogen and oxygen atoms in total. The largest absolute Gasteiger partial charge is 0.417 e. The lowest BCUT2D eigenvalue weighted by Crippen LogP contribution is -2.26. The first-order chi connectivity index (χ1) is 11.1. The standard InChI is InChI=1S/C16H16ClF3N2O2/c1-4-22-9(2)5-12(10(22)3)14(23)8-21-7-11(16(18,19)20)6-13(17)15(21)24/h5-7H,4,8H2,1-3H3. The number of carbonyl (C=O) groups is 1. The summed E-state index contributed by atoms with van der Waals surface area (Å²) < 4.78 is 41.1. The molecule has 2 aromatic rings. The predicted molar refractivity (Wildman–Crippen MR) is 84.6 cm³/mol. The minimum atomic E-state index is -4.65. The Morgan fingerprint density at radius 1 is 1.25 bits per heavy atom. The molecule has 0 saturated carbocycles. The molecule has 0 atom stereocenters. The van der Waals surface area contributed by atoms with Gasteiger partial charge in [-0.2, -0.15) is 13.2 Å². The van der Waals surface area contributed by atoms with Gasteiger partial charge in [0.2, 0.25) is 0 Å². The Morgan fingerprint density at radius 2 is 1.88 bits per heavy atom. The monoisotopic (exact) mass is 360 g/mol. The smallest absolute Gasteiger partial charge is 0.349 e. The van der Waals surface area contributed by atoms with Crippen molar-refractivity contribution in [3.8, 4) is 0 Å². The Balaban J connectivity index is 2.43. The van der Waals surface area contributed by atoms with Crippen LogP contribution in [0.2, 0.25) is 5.02 Å². The van der Waals surface area contributed by atoms with E-state index < -0.39 is 34.6 Å². The summed E-state index contributed by atoms with van der Waals surface area (Å²) in [6.45, 7) is 5.67. The van der Waals surface area contributed by atoms with Crippen LogP contribution in [-0.2, 0) is 19.3 Å². The SMILES string of the molecule is CCn1c(C)cc(C(=O)Cn2cc(C(F)(F)F)cc(Cl)c2=O)c1C. The van der Waals surface area contributed by atoms with Crippen molar-refractivity contribution in [3.05, 3.63) is 56.2 Å². The minimum Gasteiger partial charge on any atom is -0.349 e. The number of halogens is 4. The summed E-state index contributed by atoms with van der Waals surface area (Å²) >= 11 is 5.59. The van der Waals surface area contributed by atoms with E-state index in [1.807, 2.05) is 18.4 Å². The van der Waals surface area contributed by atoms with Crippen LogP contribution in [0.15, 0.2) is 23.1 Å². The molecule has 2 rings (SSSR count). The zero-order valence-corrected chi connectivity index (χ0v) is 14.1. The Morgan fingerprint density at radius 3 is 2.38 bits per heavy atom. The van der Waals surface area contributed by atoms with Gasteiger partial charge in [0.25, 0.3) is 5.56 Å². The van der Waals surface area contributed by atoms with E-state index >= 15 is 0 Å². The third-order valence-electron chi connectivity index (χ3n) is 3.87. The summed E-state index contributed by atoms with van der Waals surface area (Å²) in [5.74, 6) is -0.444. The van der Waals surface area contributed by atoms with Gasteiger partial charge in [-0.1, -0.05) is 11.6 Å². The number of aryl methyl sites for hydroxylation is 1. The number of rotatable bonds is 4. The zero-order chi connectivity index (χ0) is 18.2. The third-order valence-corrected chi connectivity index (χ3v) is 4.14. The number of hydrogen-bond acceptors (Lipinski definition) is 2. The van der Waals surface area contributed by atoms with Crippen LogP contribution in [0.25, 0.3) is 0 Å². The Labute approximate surface area is 141 Å². The van der Waals surface area contributed by atoms with Crippen molar-refractivity contribution in [3.63, 3.8) is 0 Å².